The summed E-state index contributed by atoms with van der Waals surface area (Å²) in [5, 5.41) is 25.5. The number of aromatic hydroxyl groups is 1. The summed E-state index contributed by atoms with van der Waals surface area (Å²) in [4.78, 5) is 31.1. The number of esters is 1. The summed E-state index contributed by atoms with van der Waals surface area (Å²) in [6.45, 7) is 9.80. The van der Waals surface area contributed by atoms with E-state index in [0.717, 1.165) is 28.0 Å². The highest BCUT2D eigenvalue weighted by Crippen LogP contribution is 2.63. The molecule has 13 heteroatoms. The van der Waals surface area contributed by atoms with E-state index in [1.165, 1.54) is 11.8 Å². The second-order valence-electron chi connectivity index (χ2n) is 14.1. The van der Waals surface area contributed by atoms with E-state index in [1.54, 1.807) is 7.11 Å². The van der Waals surface area contributed by atoms with Crippen molar-refractivity contribution in [1.29, 1.82) is 5.26 Å². The molecule has 49 heavy (non-hydrogen) atoms. The van der Waals surface area contributed by atoms with Gasteiger partial charge in [-0.1, -0.05) is 19.9 Å². The summed E-state index contributed by atoms with van der Waals surface area (Å²) < 4.78 is 29.8. The van der Waals surface area contributed by atoms with Crippen molar-refractivity contribution >= 4 is 23.6 Å². The third-order valence-electron chi connectivity index (χ3n) is 10.8. The van der Waals surface area contributed by atoms with Crippen LogP contribution in [0.2, 0.25) is 0 Å². The van der Waals surface area contributed by atoms with E-state index in [0.29, 0.717) is 34.6 Å². The molecule has 0 aliphatic carbocycles. The largest absolute Gasteiger partial charge is 0.507 e. The molecule has 262 valence electrons. The molecule has 5 aliphatic rings. The smallest absolute Gasteiger partial charge is 0.329 e. The predicted molar refractivity (Wildman–Crippen MR) is 181 cm³/mol. The standard InChI is InChI=1S/C36H44N4O8S/c1-16(2)8-25(41)38-21-13-49-35-28-27(34-33(47-15-48-34)19(5)31(28)42)24(12-45-36(21)43)40-23(11-37)22-10-20-9-17(3)18(4)32(46-14-44-7)26(20)29(30(35)40)39(22)6/h9,16,21-24,29-30,35,42H,8,10,12-15H2,1-7H3,(H,38,41)/t21-,22-,23-,24+,29+,30?,35+/m0/s1. The number of nitrogens with zero attached hydrogens (tertiary/aromatic N) is 3. The van der Waals surface area contributed by atoms with Crippen LogP contribution in [0.3, 0.4) is 0 Å². The monoisotopic (exact) mass is 692 g/mol. The van der Waals surface area contributed by atoms with Gasteiger partial charge in [-0.3, -0.25) is 14.6 Å². The minimum atomic E-state index is -0.894. The highest BCUT2D eigenvalue weighted by Gasteiger charge is 2.60. The summed E-state index contributed by atoms with van der Waals surface area (Å²) >= 11 is 1.48. The quantitative estimate of drug-likeness (QED) is 0.332. The van der Waals surface area contributed by atoms with Gasteiger partial charge in [-0.15, -0.1) is 11.8 Å². The second kappa shape index (κ2) is 12.9. The predicted octanol–water partition coefficient (Wildman–Crippen LogP) is 4.12. The Morgan fingerprint density at radius 1 is 1.16 bits per heavy atom. The lowest BCUT2D eigenvalue weighted by atomic mass is 9.71. The number of carbonyl (C=O) groups excluding carboxylic acids is 2. The van der Waals surface area contributed by atoms with E-state index in [1.807, 2.05) is 20.8 Å². The second-order valence-corrected chi connectivity index (χ2v) is 15.3. The highest BCUT2D eigenvalue weighted by molar-refractivity contribution is 7.99. The van der Waals surface area contributed by atoms with Crippen molar-refractivity contribution in [2.24, 2.45) is 5.92 Å². The lowest BCUT2D eigenvalue weighted by molar-refractivity contribution is -0.152. The van der Waals surface area contributed by atoms with Crippen LogP contribution < -0.4 is 19.5 Å². The summed E-state index contributed by atoms with van der Waals surface area (Å²) in [6.07, 6.45) is 0.896. The number of amides is 1. The zero-order valence-corrected chi connectivity index (χ0v) is 29.8. The summed E-state index contributed by atoms with van der Waals surface area (Å²) in [7, 11) is 3.66. The maximum atomic E-state index is 13.7. The number of likely N-dealkylation sites (N-methyl/N-ethyl adjacent to an activating group) is 1. The highest BCUT2D eigenvalue weighted by atomic mass is 32.2. The number of carbonyl (C=O) groups is 2. The van der Waals surface area contributed by atoms with Gasteiger partial charge in [-0.05, 0) is 56.8 Å². The Morgan fingerprint density at radius 2 is 1.92 bits per heavy atom. The Balaban J connectivity index is 1.46. The Bertz CT molecular complexity index is 1740. The van der Waals surface area contributed by atoms with Crippen molar-refractivity contribution in [3.8, 4) is 29.1 Å². The van der Waals surface area contributed by atoms with Gasteiger partial charge < -0.3 is 34.1 Å². The topological polar surface area (TPSA) is 143 Å². The van der Waals surface area contributed by atoms with Crippen molar-refractivity contribution in [3.05, 3.63) is 45.0 Å². The molecule has 0 radical (unpaired) electrons. The number of thioether (sulfide) groups is 1. The maximum Gasteiger partial charge on any atom is 0.329 e. The van der Waals surface area contributed by atoms with Crippen LogP contribution in [0.4, 0.5) is 0 Å². The van der Waals surface area contributed by atoms with Gasteiger partial charge in [0.2, 0.25) is 12.7 Å². The zero-order chi connectivity index (χ0) is 34.9. The first-order valence-electron chi connectivity index (χ1n) is 16.8. The number of fused-ring (bicyclic) bond motifs is 9. The minimum Gasteiger partial charge on any atom is -0.507 e. The van der Waals surface area contributed by atoms with Gasteiger partial charge in [0.15, 0.2) is 18.3 Å². The Kier molecular flexibility index (Phi) is 8.88. The van der Waals surface area contributed by atoms with Crippen LogP contribution in [0.1, 0.15) is 76.5 Å². The molecule has 2 aromatic carbocycles. The van der Waals surface area contributed by atoms with E-state index in [4.69, 9.17) is 23.7 Å². The average molecular weight is 693 g/mol. The van der Waals surface area contributed by atoms with Gasteiger partial charge in [-0.25, -0.2) is 4.79 Å². The van der Waals surface area contributed by atoms with E-state index in [9.17, 15) is 20.0 Å². The number of ether oxygens (including phenoxy) is 5. The Hall–Kier alpha value is -3.70. The number of rotatable bonds is 6. The first kappa shape index (κ1) is 33.8. The molecule has 5 aliphatic heterocycles. The van der Waals surface area contributed by atoms with Gasteiger partial charge in [-0.2, -0.15) is 5.26 Å². The number of benzene rings is 2. The van der Waals surface area contributed by atoms with Gasteiger partial charge in [0.1, 0.15) is 30.2 Å². The number of aryl methyl sites for hydroxylation is 1. The van der Waals surface area contributed by atoms with Gasteiger partial charge in [0, 0.05) is 53.6 Å². The number of phenolic OH excluding ortho intramolecular Hbond substituents is 1. The molecule has 2 fully saturated rings. The molecule has 2 aromatic rings. The molecule has 7 rings (SSSR count). The van der Waals surface area contributed by atoms with Gasteiger partial charge in [0.25, 0.3) is 0 Å². The van der Waals surface area contributed by atoms with E-state index in [2.05, 4.69) is 48.1 Å². The maximum absolute atomic E-state index is 13.7. The van der Waals surface area contributed by atoms with Gasteiger partial charge in [0.05, 0.1) is 23.4 Å². The summed E-state index contributed by atoms with van der Waals surface area (Å²) in [5.41, 5.74) is 6.19. The first-order valence-corrected chi connectivity index (χ1v) is 17.9. The number of hydrogen-bond acceptors (Lipinski definition) is 12. The molecule has 0 spiro atoms. The number of cyclic esters (lactones) is 1. The van der Waals surface area contributed by atoms with Crippen molar-refractivity contribution in [2.75, 3.05) is 40.1 Å². The fourth-order valence-corrected chi connectivity index (χ4v) is 10.1. The van der Waals surface area contributed by atoms with Crippen LogP contribution >= 0.6 is 11.8 Å². The van der Waals surface area contributed by atoms with Crippen molar-refractivity contribution < 1.29 is 38.4 Å². The van der Waals surface area contributed by atoms with Crippen LogP contribution in [0.5, 0.6) is 23.0 Å². The number of piperazine rings is 1. The van der Waals surface area contributed by atoms with E-state index >= 15 is 0 Å². The molecule has 1 unspecified atom stereocenters. The fourth-order valence-electron chi connectivity index (χ4n) is 8.58. The van der Waals surface area contributed by atoms with Crippen molar-refractivity contribution in [2.45, 2.75) is 89.0 Å². The number of phenols is 1. The van der Waals surface area contributed by atoms with Crippen molar-refractivity contribution in [3.63, 3.8) is 0 Å². The first-order chi connectivity index (χ1) is 23.5. The number of methoxy groups -OCH3 is 1. The normalized spacial score (nSPS) is 28.6. The third kappa shape index (κ3) is 5.30. The lowest BCUT2D eigenvalue weighted by Gasteiger charge is -2.62. The summed E-state index contributed by atoms with van der Waals surface area (Å²) in [5.74, 6) is 1.38. The molecular weight excluding hydrogens is 648 g/mol. The molecule has 12 nitrogen and oxygen atoms in total. The molecule has 4 bridgehead atoms. The average Bonchev–Trinajstić information content (AvgIpc) is 3.55. The Morgan fingerprint density at radius 3 is 2.63 bits per heavy atom. The molecule has 0 aromatic heterocycles. The van der Waals surface area contributed by atoms with Crippen LogP contribution in [0.25, 0.3) is 0 Å². The van der Waals surface area contributed by atoms with Crippen LogP contribution in [0.15, 0.2) is 6.07 Å². The van der Waals surface area contributed by atoms with Crippen LogP contribution in [0, 0.1) is 38.0 Å². The molecule has 0 saturated carbocycles. The molecule has 7 atom stereocenters. The van der Waals surface area contributed by atoms with Crippen LogP contribution in [-0.4, -0.2) is 91.1 Å². The van der Waals surface area contributed by atoms with E-state index < -0.39 is 29.3 Å². The zero-order valence-electron chi connectivity index (χ0n) is 29.0. The molecule has 5 heterocycles. The molecular formula is C36H44N4O8S. The molecule has 2 saturated heterocycles. The fraction of sp³-hybridized carbons (Fsp3) is 0.583. The number of hydrogen-bond donors (Lipinski definition) is 2. The van der Waals surface area contributed by atoms with Crippen molar-refractivity contribution in [1.82, 2.24) is 15.1 Å². The Labute approximate surface area is 290 Å². The summed E-state index contributed by atoms with van der Waals surface area (Å²) in [6, 6.07) is 1.89. The lowest BCUT2D eigenvalue weighted by Crippen LogP contribution is -2.69. The number of nitriles is 1. The molecule has 1 amide bonds. The minimum absolute atomic E-state index is 0.00830. The van der Waals surface area contributed by atoms with Crippen LogP contribution in [-0.2, 0) is 25.5 Å². The SMILES string of the molecule is COCOc1c(C)c(C)cc2c1[C@@H]1C3[C@@H]4SC[C@H](NC(=O)CC(C)C)C(=O)OC[C@H](c5c6c(c(C)c(O)c54)OCO6)N3[C@@H](C#N)[C@H](C2)N1C. The molecule has 2 N–H and O–H groups in total. The van der Waals surface area contributed by atoms with E-state index in [-0.39, 0.29) is 68.1 Å². The van der Waals surface area contributed by atoms with Gasteiger partial charge >= 0.3 is 5.97 Å². The third-order valence-corrected chi connectivity index (χ3v) is 12.2. The number of nitrogens with one attached hydrogen (secondary N) is 1.